The maximum Gasteiger partial charge on any atom is 0.115 e. The number of hydrogen-bond acceptors (Lipinski definition) is 3. The van der Waals surface area contributed by atoms with Gasteiger partial charge in [-0.1, -0.05) is 12.2 Å². The van der Waals surface area contributed by atoms with Crippen LogP contribution in [-0.2, 0) is 0 Å². The summed E-state index contributed by atoms with van der Waals surface area (Å²) in [5.41, 5.74) is 2.36. The Kier molecular flexibility index (Phi) is 3.40. The van der Waals surface area contributed by atoms with Crippen molar-refractivity contribution in [2.45, 2.75) is 0 Å². The van der Waals surface area contributed by atoms with E-state index in [0.717, 1.165) is 5.56 Å². The third kappa shape index (κ3) is 3.21. The van der Waals surface area contributed by atoms with Crippen molar-refractivity contribution in [3.63, 3.8) is 0 Å². The van der Waals surface area contributed by atoms with Crippen LogP contribution in [0.3, 0.4) is 0 Å². The van der Waals surface area contributed by atoms with E-state index in [1.807, 2.05) is 0 Å². The molecule has 0 saturated heterocycles. The van der Waals surface area contributed by atoms with Crippen LogP contribution in [0.15, 0.2) is 29.4 Å². The highest BCUT2D eigenvalue weighted by molar-refractivity contribution is 7.78. The summed E-state index contributed by atoms with van der Waals surface area (Å²) in [4.78, 5) is 0. The van der Waals surface area contributed by atoms with E-state index in [2.05, 4.69) is 17.3 Å². The normalized spacial score (nSPS) is 10.2. The Hall–Kier alpha value is -1.42. The van der Waals surface area contributed by atoms with E-state index in [1.165, 1.54) is 10.5 Å². The number of nitrogens with zero attached hydrogens (tertiary/aromatic N) is 2. The lowest BCUT2D eigenvalue weighted by Crippen LogP contribution is -2.05. The lowest BCUT2D eigenvalue weighted by molar-refractivity contribution is 0.475. The zero-order valence-corrected chi connectivity index (χ0v) is 8.03. The minimum Gasteiger partial charge on any atom is -0.508 e. The lowest BCUT2D eigenvalue weighted by Gasteiger charge is -2.02. The Morgan fingerprint density at radius 3 is 2.54 bits per heavy atom. The molecule has 1 rings (SSSR count). The molecule has 0 spiro atoms. The summed E-state index contributed by atoms with van der Waals surface area (Å²) in [6.45, 7) is 0. The largest absolute Gasteiger partial charge is 0.508 e. The number of phenolic OH excluding ortho intramolecular Hbond substituents is 1. The van der Waals surface area contributed by atoms with Crippen molar-refractivity contribution >= 4 is 23.9 Å². The van der Waals surface area contributed by atoms with Crippen molar-refractivity contribution < 1.29 is 5.11 Å². The highest BCUT2D eigenvalue weighted by Gasteiger charge is 1.88. The zero-order chi connectivity index (χ0) is 9.68. The second-order valence-electron chi connectivity index (χ2n) is 2.52. The molecule has 13 heavy (non-hydrogen) atoms. The van der Waals surface area contributed by atoms with Gasteiger partial charge in [-0.15, -0.1) is 0 Å². The predicted octanol–water partition coefficient (Wildman–Crippen LogP) is 1.62. The number of rotatable bonds is 3. The monoisotopic (exact) mass is 194 g/mol. The predicted molar refractivity (Wildman–Crippen MR) is 57.1 cm³/mol. The quantitative estimate of drug-likeness (QED) is 0.451. The molecule has 0 saturated carbocycles. The molecular weight excluding hydrogens is 184 g/mol. The molecule has 0 bridgehead atoms. The summed E-state index contributed by atoms with van der Waals surface area (Å²) in [5.74, 6) is 0.250. The molecule has 1 aromatic carbocycles. The molecule has 0 atom stereocenters. The lowest BCUT2D eigenvalue weighted by atomic mass is 10.2. The third-order valence-electron chi connectivity index (χ3n) is 1.43. The number of aromatic hydroxyl groups is 1. The molecule has 0 heterocycles. The van der Waals surface area contributed by atoms with E-state index in [-0.39, 0.29) is 5.75 Å². The summed E-state index contributed by atoms with van der Waals surface area (Å²) in [6.07, 6.45) is 1.67. The van der Waals surface area contributed by atoms with E-state index >= 15 is 0 Å². The van der Waals surface area contributed by atoms with E-state index in [4.69, 9.17) is 5.11 Å². The molecule has 0 aliphatic carbocycles. The van der Waals surface area contributed by atoms with Gasteiger partial charge in [-0.3, -0.25) is 5.01 Å². The van der Waals surface area contributed by atoms with Gasteiger partial charge in [0.05, 0.1) is 11.7 Å². The first-order valence-electron chi connectivity index (χ1n) is 3.73. The van der Waals surface area contributed by atoms with Gasteiger partial charge in [-0.05, 0) is 29.8 Å². The Morgan fingerprint density at radius 2 is 2.00 bits per heavy atom. The summed E-state index contributed by atoms with van der Waals surface area (Å²) < 4.78 is 0. The van der Waals surface area contributed by atoms with Crippen LogP contribution in [-0.4, -0.2) is 28.9 Å². The first-order chi connectivity index (χ1) is 6.22. The fourth-order valence-electron chi connectivity index (χ4n) is 0.745. The molecule has 0 unspecified atom stereocenters. The molecule has 1 N–H and O–H groups in total. The fraction of sp³-hybridized carbons (Fsp3) is 0.111. The van der Waals surface area contributed by atoms with Crippen LogP contribution in [0.1, 0.15) is 5.56 Å². The van der Waals surface area contributed by atoms with Gasteiger partial charge in [0.25, 0.3) is 0 Å². The Morgan fingerprint density at radius 1 is 1.38 bits per heavy atom. The minimum absolute atomic E-state index is 0.250. The van der Waals surface area contributed by atoms with Crippen molar-refractivity contribution in [2.75, 3.05) is 7.05 Å². The number of phenols is 1. The van der Waals surface area contributed by atoms with Crippen LogP contribution in [0.5, 0.6) is 5.75 Å². The van der Waals surface area contributed by atoms with Crippen molar-refractivity contribution in [1.29, 1.82) is 0 Å². The summed E-state index contributed by atoms with van der Waals surface area (Å²) >= 11 is 4.66. The smallest absolute Gasteiger partial charge is 0.115 e. The Bertz CT molecular complexity index is 308. The summed E-state index contributed by atoms with van der Waals surface area (Å²) in [6, 6.07) is 6.77. The Labute approximate surface area is 82.3 Å². The van der Waals surface area contributed by atoms with Crippen LogP contribution >= 0.6 is 12.2 Å². The minimum atomic E-state index is 0.250. The Balaban J connectivity index is 2.69. The molecular formula is C9H10N2OS. The molecule has 1 aromatic rings. The van der Waals surface area contributed by atoms with E-state index < -0.39 is 0 Å². The number of hydrazone groups is 1. The van der Waals surface area contributed by atoms with Gasteiger partial charge in [0.1, 0.15) is 5.75 Å². The highest BCUT2D eigenvalue weighted by Crippen LogP contribution is 2.07. The van der Waals surface area contributed by atoms with Gasteiger partial charge in [0.2, 0.25) is 0 Å². The molecule has 0 aromatic heterocycles. The van der Waals surface area contributed by atoms with Crippen LogP contribution in [0.25, 0.3) is 0 Å². The molecule has 0 aliphatic heterocycles. The van der Waals surface area contributed by atoms with Crippen LogP contribution < -0.4 is 0 Å². The van der Waals surface area contributed by atoms with Gasteiger partial charge in [-0.2, -0.15) is 5.10 Å². The summed E-state index contributed by atoms with van der Waals surface area (Å²) in [7, 11) is 1.75. The van der Waals surface area contributed by atoms with Crippen molar-refractivity contribution in [3.8, 4) is 5.75 Å². The van der Waals surface area contributed by atoms with Crippen molar-refractivity contribution in [2.24, 2.45) is 5.10 Å². The SMILES string of the molecule is CN(C=S)/N=C/c1ccc(O)cc1. The van der Waals surface area contributed by atoms with Crippen LogP contribution in [0.4, 0.5) is 0 Å². The van der Waals surface area contributed by atoms with Crippen LogP contribution in [0.2, 0.25) is 0 Å². The second kappa shape index (κ2) is 4.57. The molecule has 0 aliphatic rings. The molecule has 0 fully saturated rings. The zero-order valence-electron chi connectivity index (χ0n) is 7.21. The van der Waals surface area contributed by atoms with Crippen LogP contribution in [0, 0.1) is 0 Å². The van der Waals surface area contributed by atoms with Gasteiger partial charge < -0.3 is 5.11 Å². The first kappa shape index (κ1) is 9.67. The molecule has 4 heteroatoms. The fourth-order valence-corrected chi connectivity index (χ4v) is 0.800. The number of hydrogen-bond donors (Lipinski definition) is 1. The maximum atomic E-state index is 9.00. The van der Waals surface area contributed by atoms with Gasteiger partial charge in [0, 0.05) is 7.05 Å². The maximum absolute atomic E-state index is 9.00. The second-order valence-corrected chi connectivity index (χ2v) is 2.73. The topological polar surface area (TPSA) is 35.8 Å². The van der Waals surface area contributed by atoms with Crippen molar-refractivity contribution in [3.05, 3.63) is 29.8 Å². The average molecular weight is 194 g/mol. The first-order valence-corrected chi connectivity index (χ1v) is 4.20. The standard InChI is InChI=1S/C9H10N2OS/c1-11(7-13)10-6-8-2-4-9(12)5-3-8/h2-7,12H,1H3/b10-6+. The highest BCUT2D eigenvalue weighted by atomic mass is 32.1. The molecule has 0 radical (unpaired) electrons. The van der Waals surface area contributed by atoms with E-state index in [9.17, 15) is 0 Å². The number of thiocarbonyl (C=S) groups is 1. The third-order valence-corrected chi connectivity index (χ3v) is 1.74. The van der Waals surface area contributed by atoms with E-state index in [0.29, 0.717) is 0 Å². The van der Waals surface area contributed by atoms with Crippen molar-refractivity contribution in [1.82, 2.24) is 5.01 Å². The summed E-state index contributed by atoms with van der Waals surface area (Å²) in [5, 5.41) is 14.5. The molecule has 68 valence electrons. The molecule has 3 nitrogen and oxygen atoms in total. The number of benzene rings is 1. The average Bonchev–Trinajstić information content (AvgIpc) is 2.16. The van der Waals surface area contributed by atoms with E-state index in [1.54, 1.807) is 37.5 Å². The van der Waals surface area contributed by atoms with Gasteiger partial charge >= 0.3 is 0 Å². The van der Waals surface area contributed by atoms with Gasteiger partial charge in [0.15, 0.2) is 0 Å². The molecule has 0 amide bonds. The van der Waals surface area contributed by atoms with Gasteiger partial charge in [-0.25, -0.2) is 0 Å².